The minimum absolute atomic E-state index is 0.546. The van der Waals surface area contributed by atoms with Crippen molar-refractivity contribution in [1.29, 1.82) is 0 Å². The van der Waals surface area contributed by atoms with Crippen molar-refractivity contribution in [2.24, 2.45) is 11.3 Å². The lowest BCUT2D eigenvalue weighted by molar-refractivity contribution is 0.147. The molecule has 1 aliphatic rings. The molecule has 0 amide bonds. The molecular weight excluding hydrogens is 158 g/mol. The fourth-order valence-corrected chi connectivity index (χ4v) is 2.94. The van der Waals surface area contributed by atoms with E-state index in [9.17, 15) is 0 Å². The maximum atomic E-state index is 3.67. The minimum Gasteiger partial charge on any atom is -0.312 e. The highest BCUT2D eigenvalue weighted by atomic mass is 14.9. The van der Waals surface area contributed by atoms with Crippen molar-refractivity contribution in [1.82, 2.24) is 5.32 Å². The number of nitrogens with one attached hydrogen (secondary N) is 1. The van der Waals surface area contributed by atoms with Gasteiger partial charge < -0.3 is 5.32 Å². The molecule has 2 atom stereocenters. The summed E-state index contributed by atoms with van der Waals surface area (Å²) in [5, 5.41) is 3.67. The maximum Gasteiger partial charge on any atom is 0.00770 e. The van der Waals surface area contributed by atoms with Crippen LogP contribution in [0.3, 0.4) is 0 Å². The summed E-state index contributed by atoms with van der Waals surface area (Å²) in [4.78, 5) is 0. The summed E-state index contributed by atoms with van der Waals surface area (Å²) in [6, 6.07) is 1.38. The molecule has 0 spiro atoms. The summed E-state index contributed by atoms with van der Waals surface area (Å²) in [6.07, 6.45) is 4.10. The van der Waals surface area contributed by atoms with Gasteiger partial charge in [-0.05, 0) is 30.6 Å². The van der Waals surface area contributed by atoms with Crippen LogP contribution in [0.1, 0.15) is 53.9 Å². The van der Waals surface area contributed by atoms with Gasteiger partial charge in [0, 0.05) is 12.1 Å². The van der Waals surface area contributed by atoms with E-state index in [0.717, 1.165) is 12.0 Å². The van der Waals surface area contributed by atoms with E-state index in [1.54, 1.807) is 0 Å². The number of rotatable bonds is 2. The molecule has 0 aromatic heterocycles. The molecular formula is C12H25N. The van der Waals surface area contributed by atoms with Gasteiger partial charge in [-0.2, -0.15) is 0 Å². The second kappa shape index (κ2) is 4.00. The summed E-state index contributed by atoms with van der Waals surface area (Å²) >= 11 is 0. The first-order chi connectivity index (χ1) is 5.89. The minimum atomic E-state index is 0.546. The first-order valence-electron chi connectivity index (χ1n) is 5.65. The molecule has 0 saturated heterocycles. The third kappa shape index (κ3) is 3.68. The van der Waals surface area contributed by atoms with Gasteiger partial charge in [0.25, 0.3) is 0 Å². The Labute approximate surface area is 83.3 Å². The molecule has 0 radical (unpaired) electrons. The maximum absolute atomic E-state index is 3.67. The summed E-state index contributed by atoms with van der Waals surface area (Å²) in [6.45, 7) is 11.7. The fourth-order valence-electron chi connectivity index (χ4n) is 2.94. The molecule has 0 unspecified atom stereocenters. The lowest BCUT2D eigenvalue weighted by Crippen LogP contribution is -2.42. The molecule has 1 saturated carbocycles. The smallest absolute Gasteiger partial charge is 0.00770 e. The zero-order valence-electron chi connectivity index (χ0n) is 9.85. The van der Waals surface area contributed by atoms with E-state index in [4.69, 9.17) is 0 Å². The molecule has 1 fully saturated rings. The van der Waals surface area contributed by atoms with Crippen molar-refractivity contribution in [2.45, 2.75) is 66.0 Å². The Bertz CT molecular complexity index is 159. The normalized spacial score (nSPS) is 33.7. The molecule has 0 bridgehead atoms. The molecule has 0 aromatic rings. The van der Waals surface area contributed by atoms with Crippen LogP contribution in [-0.2, 0) is 0 Å². The van der Waals surface area contributed by atoms with Crippen LogP contribution in [0.5, 0.6) is 0 Å². The lowest BCUT2D eigenvalue weighted by atomic mass is 9.70. The van der Waals surface area contributed by atoms with Gasteiger partial charge in [0.15, 0.2) is 0 Å². The highest BCUT2D eigenvalue weighted by molar-refractivity contribution is 4.86. The average Bonchev–Trinajstić information content (AvgIpc) is 1.78. The van der Waals surface area contributed by atoms with Gasteiger partial charge in [-0.25, -0.2) is 0 Å². The predicted molar refractivity (Wildman–Crippen MR) is 58.9 cm³/mol. The van der Waals surface area contributed by atoms with Crippen LogP contribution in [0.25, 0.3) is 0 Å². The van der Waals surface area contributed by atoms with Crippen molar-refractivity contribution >= 4 is 0 Å². The Morgan fingerprint density at radius 3 is 2.31 bits per heavy atom. The van der Waals surface area contributed by atoms with E-state index in [2.05, 4.69) is 39.9 Å². The first-order valence-corrected chi connectivity index (χ1v) is 5.65. The zero-order valence-corrected chi connectivity index (χ0v) is 9.85. The molecule has 1 nitrogen and oxygen atoms in total. The molecule has 1 rings (SSSR count). The van der Waals surface area contributed by atoms with E-state index in [1.807, 2.05) is 0 Å². The lowest BCUT2D eigenvalue weighted by Gasteiger charge is -2.40. The molecule has 13 heavy (non-hydrogen) atoms. The SMILES string of the molecule is CC(C)N[C@@H]1C[C@@H](C)CC(C)(C)C1. The highest BCUT2D eigenvalue weighted by Gasteiger charge is 2.31. The van der Waals surface area contributed by atoms with E-state index in [1.165, 1.54) is 19.3 Å². The first kappa shape index (κ1) is 11.0. The Kier molecular flexibility index (Phi) is 3.39. The third-order valence-corrected chi connectivity index (χ3v) is 2.96. The van der Waals surface area contributed by atoms with Crippen LogP contribution in [-0.4, -0.2) is 12.1 Å². The van der Waals surface area contributed by atoms with Gasteiger partial charge in [-0.15, -0.1) is 0 Å². The van der Waals surface area contributed by atoms with E-state index < -0.39 is 0 Å². The van der Waals surface area contributed by atoms with Crippen LogP contribution in [0.2, 0.25) is 0 Å². The van der Waals surface area contributed by atoms with Crippen molar-refractivity contribution in [3.05, 3.63) is 0 Å². The summed E-state index contributed by atoms with van der Waals surface area (Å²) in [7, 11) is 0. The second-order valence-electron chi connectivity index (χ2n) is 5.93. The van der Waals surface area contributed by atoms with Crippen molar-refractivity contribution < 1.29 is 0 Å². The van der Waals surface area contributed by atoms with Crippen LogP contribution < -0.4 is 5.32 Å². The Hall–Kier alpha value is -0.0400. The van der Waals surface area contributed by atoms with Gasteiger partial charge in [0.05, 0.1) is 0 Å². The van der Waals surface area contributed by atoms with Gasteiger partial charge in [0.2, 0.25) is 0 Å². The van der Waals surface area contributed by atoms with Crippen molar-refractivity contribution in [2.75, 3.05) is 0 Å². The standard InChI is InChI=1S/C12H25N/c1-9(2)13-11-6-10(3)7-12(4,5)8-11/h9-11,13H,6-8H2,1-5H3/t10-,11-/m1/s1. The largest absolute Gasteiger partial charge is 0.312 e. The topological polar surface area (TPSA) is 12.0 Å². The quantitative estimate of drug-likeness (QED) is 0.693. The van der Waals surface area contributed by atoms with Crippen LogP contribution in [0, 0.1) is 11.3 Å². The van der Waals surface area contributed by atoms with Crippen molar-refractivity contribution in [3.8, 4) is 0 Å². The number of hydrogen-bond acceptors (Lipinski definition) is 1. The Morgan fingerprint density at radius 1 is 1.23 bits per heavy atom. The van der Waals surface area contributed by atoms with E-state index >= 15 is 0 Å². The molecule has 78 valence electrons. The molecule has 1 heteroatoms. The molecule has 0 aliphatic heterocycles. The predicted octanol–water partition coefficient (Wildman–Crippen LogP) is 3.20. The van der Waals surface area contributed by atoms with Crippen LogP contribution in [0.4, 0.5) is 0 Å². The number of hydrogen-bond donors (Lipinski definition) is 1. The van der Waals surface area contributed by atoms with Crippen LogP contribution in [0.15, 0.2) is 0 Å². The molecule has 1 aliphatic carbocycles. The fraction of sp³-hybridized carbons (Fsp3) is 1.00. The average molecular weight is 183 g/mol. The monoisotopic (exact) mass is 183 g/mol. The van der Waals surface area contributed by atoms with E-state index in [-0.39, 0.29) is 0 Å². The summed E-state index contributed by atoms with van der Waals surface area (Å²) in [5.74, 6) is 0.889. The zero-order chi connectivity index (χ0) is 10.1. The molecule has 0 aromatic carbocycles. The molecule has 0 heterocycles. The Morgan fingerprint density at radius 2 is 1.85 bits per heavy atom. The highest BCUT2D eigenvalue weighted by Crippen LogP contribution is 2.38. The van der Waals surface area contributed by atoms with Gasteiger partial charge in [-0.1, -0.05) is 34.6 Å². The van der Waals surface area contributed by atoms with Crippen LogP contribution >= 0.6 is 0 Å². The molecule has 1 N–H and O–H groups in total. The van der Waals surface area contributed by atoms with Gasteiger partial charge in [0.1, 0.15) is 0 Å². The van der Waals surface area contributed by atoms with Gasteiger partial charge >= 0.3 is 0 Å². The summed E-state index contributed by atoms with van der Waals surface area (Å²) < 4.78 is 0. The Balaban J connectivity index is 2.48. The summed E-state index contributed by atoms with van der Waals surface area (Å²) in [5.41, 5.74) is 0.546. The van der Waals surface area contributed by atoms with E-state index in [0.29, 0.717) is 11.5 Å². The third-order valence-electron chi connectivity index (χ3n) is 2.96. The van der Waals surface area contributed by atoms with Gasteiger partial charge in [-0.3, -0.25) is 0 Å². The second-order valence-corrected chi connectivity index (χ2v) is 5.93. The van der Waals surface area contributed by atoms with Crippen molar-refractivity contribution in [3.63, 3.8) is 0 Å².